The fraction of sp³-hybridized carbons (Fsp3) is 0.333. The number of aromatic nitrogens is 1. The summed E-state index contributed by atoms with van der Waals surface area (Å²) in [6, 6.07) is 18.4. The van der Waals surface area contributed by atoms with E-state index in [4.69, 9.17) is 10.1 Å². The number of hydrogen-bond donors (Lipinski definition) is 1. The number of fused-ring (bicyclic) bond motifs is 1. The van der Waals surface area contributed by atoms with Crippen LogP contribution in [0.3, 0.4) is 0 Å². The third-order valence-corrected chi connectivity index (χ3v) is 4.38. The first-order valence-electron chi connectivity index (χ1n) is 9.76. The summed E-state index contributed by atoms with van der Waals surface area (Å²) in [6.07, 6.45) is 1.17. The van der Waals surface area contributed by atoms with E-state index in [1.807, 2.05) is 0 Å². The number of benzene rings is 2. The maximum atomic E-state index is 10.0. The summed E-state index contributed by atoms with van der Waals surface area (Å²) < 4.78 is 0. The molecule has 0 spiro atoms. The number of allylic oxidation sites excluding steroid dienone is 2. The molecule has 1 N–H and O–H groups in total. The maximum Gasteiger partial charge on any atom is 0.155 e. The van der Waals surface area contributed by atoms with Crippen LogP contribution in [0, 0.1) is 19.9 Å². The molecule has 1 aromatic heterocycles. The Bertz CT molecular complexity index is 1040. The zero-order valence-corrected chi connectivity index (χ0v) is 21.1. The molecule has 0 unspecified atom stereocenters. The van der Waals surface area contributed by atoms with Crippen LogP contribution in [0.4, 0.5) is 0 Å². The number of aliphatic hydroxyl groups excluding tert-OH is 1. The third kappa shape index (κ3) is 8.39. The second kappa shape index (κ2) is 11.9. The van der Waals surface area contributed by atoms with Gasteiger partial charge in [-0.3, -0.25) is 9.78 Å². The van der Waals surface area contributed by atoms with Gasteiger partial charge in [0.1, 0.15) is 0 Å². The zero-order valence-electron chi connectivity index (χ0n) is 18.8. The van der Waals surface area contributed by atoms with Crippen molar-refractivity contribution in [1.82, 2.24) is 4.98 Å². The number of aliphatic hydroxyl groups is 1. The fourth-order valence-electron chi connectivity index (χ4n) is 3.29. The van der Waals surface area contributed by atoms with E-state index in [9.17, 15) is 4.79 Å². The number of ketones is 1. The molecule has 0 aliphatic rings. The Kier molecular flexibility index (Phi) is 11.0. The normalized spacial score (nSPS) is 11.0. The van der Waals surface area contributed by atoms with Crippen molar-refractivity contribution in [3.05, 3.63) is 77.1 Å². The molecule has 3 aromatic rings. The van der Waals surface area contributed by atoms with E-state index in [1.165, 1.54) is 36.4 Å². The first kappa shape index (κ1) is 28.7. The molecule has 0 aliphatic carbocycles. The third-order valence-electron chi connectivity index (χ3n) is 4.38. The van der Waals surface area contributed by atoms with Crippen molar-refractivity contribution in [2.24, 2.45) is 0 Å². The van der Waals surface area contributed by atoms with Gasteiger partial charge in [-0.2, -0.15) is 0 Å². The molecule has 1 heterocycles. The summed E-state index contributed by atoms with van der Waals surface area (Å²) in [5.41, 5.74) is 6.98. The minimum Gasteiger partial charge on any atom is -0.512 e. The van der Waals surface area contributed by atoms with Crippen LogP contribution < -0.4 is 0 Å². The number of rotatable bonds is 2. The second-order valence-electron chi connectivity index (χ2n) is 8.47. The SMILES string of the molecule is C.CC(=O)C=C(C)O.Cc1[c-]c(-c2ccc3c(C(C)(C)C)cccc3n2)cc(C)c1.[Ir]. The molecule has 3 rings (SSSR count). The molecule has 169 valence electrons. The van der Waals surface area contributed by atoms with Crippen molar-refractivity contribution in [3.63, 3.8) is 0 Å². The molecule has 1 radical (unpaired) electrons. The number of hydrogen-bond acceptors (Lipinski definition) is 3. The Morgan fingerprint density at radius 1 is 1.06 bits per heavy atom. The predicted octanol–water partition coefficient (Wildman–Crippen LogP) is 7.29. The van der Waals surface area contributed by atoms with Crippen LogP contribution in [0.15, 0.2) is 54.3 Å². The molecule has 0 saturated heterocycles. The van der Waals surface area contributed by atoms with Crippen molar-refractivity contribution >= 4 is 16.7 Å². The van der Waals surface area contributed by atoms with Gasteiger partial charge in [-0.05, 0) is 36.6 Å². The fourth-order valence-corrected chi connectivity index (χ4v) is 3.29. The van der Waals surface area contributed by atoms with Crippen LogP contribution in [0.5, 0.6) is 0 Å². The summed E-state index contributed by atoms with van der Waals surface area (Å²) in [5, 5.41) is 9.60. The van der Waals surface area contributed by atoms with Crippen molar-refractivity contribution < 1.29 is 30.0 Å². The molecule has 0 aliphatic heterocycles. The van der Waals surface area contributed by atoms with Gasteiger partial charge in [0, 0.05) is 31.6 Å². The Morgan fingerprint density at radius 3 is 2.19 bits per heavy atom. The van der Waals surface area contributed by atoms with Crippen molar-refractivity contribution in [2.75, 3.05) is 0 Å². The standard InChI is InChI=1S/C21H22N.C5H8O2.CH4.Ir/c1-14-11-15(2)13-16(12-14)19-10-9-17-18(21(3,4)5)7-6-8-20(17)22-19;1-4(6)3-5(2)7;;/h6-12H,1-5H3;3,6H,1-2H3;1H4;/q-1;;;. The first-order chi connectivity index (χ1) is 13.5. The molecular formula is C27H34IrNO2-. The van der Waals surface area contributed by atoms with Gasteiger partial charge in [0.2, 0.25) is 0 Å². The van der Waals surface area contributed by atoms with E-state index < -0.39 is 0 Å². The summed E-state index contributed by atoms with van der Waals surface area (Å²) in [4.78, 5) is 14.9. The van der Waals surface area contributed by atoms with Crippen LogP contribution in [0.1, 0.15) is 58.7 Å². The smallest absolute Gasteiger partial charge is 0.155 e. The Morgan fingerprint density at radius 2 is 1.71 bits per heavy atom. The van der Waals surface area contributed by atoms with Gasteiger partial charge < -0.3 is 5.11 Å². The molecule has 31 heavy (non-hydrogen) atoms. The van der Waals surface area contributed by atoms with Crippen molar-refractivity contribution in [2.45, 2.75) is 61.3 Å². The van der Waals surface area contributed by atoms with Gasteiger partial charge in [-0.1, -0.05) is 66.3 Å². The Labute approximate surface area is 201 Å². The second-order valence-corrected chi connectivity index (χ2v) is 8.47. The summed E-state index contributed by atoms with van der Waals surface area (Å²) in [6.45, 7) is 13.8. The van der Waals surface area contributed by atoms with Gasteiger partial charge in [0.25, 0.3) is 0 Å². The largest absolute Gasteiger partial charge is 0.512 e. The zero-order chi connectivity index (χ0) is 21.8. The minimum atomic E-state index is -0.125. The van der Waals surface area contributed by atoms with Crippen molar-refractivity contribution in [1.29, 1.82) is 0 Å². The van der Waals surface area contributed by atoms with Gasteiger partial charge in [0.05, 0.1) is 11.3 Å². The van der Waals surface area contributed by atoms with E-state index >= 15 is 0 Å². The van der Waals surface area contributed by atoms with E-state index in [2.05, 4.69) is 83.1 Å². The number of carbonyl (C=O) groups is 1. The van der Waals surface area contributed by atoms with E-state index in [0.29, 0.717) is 0 Å². The van der Waals surface area contributed by atoms with Crippen LogP contribution in [0.25, 0.3) is 22.2 Å². The molecular weight excluding hydrogens is 563 g/mol. The van der Waals surface area contributed by atoms with Crippen molar-refractivity contribution in [3.8, 4) is 11.3 Å². The number of pyridine rings is 1. The van der Waals surface area contributed by atoms with E-state index in [-0.39, 0.29) is 44.5 Å². The van der Waals surface area contributed by atoms with Crippen LogP contribution in [-0.2, 0) is 30.3 Å². The predicted molar refractivity (Wildman–Crippen MR) is 128 cm³/mol. The van der Waals surface area contributed by atoms with Crippen LogP contribution in [-0.4, -0.2) is 15.9 Å². The molecule has 3 nitrogen and oxygen atoms in total. The molecule has 0 fully saturated rings. The average molecular weight is 597 g/mol. The number of nitrogens with zero attached hydrogens (tertiary/aromatic N) is 1. The average Bonchev–Trinajstić information content (AvgIpc) is 2.58. The first-order valence-corrected chi connectivity index (χ1v) is 9.76. The monoisotopic (exact) mass is 597 g/mol. The molecule has 0 saturated carbocycles. The molecule has 0 atom stereocenters. The quantitative estimate of drug-likeness (QED) is 0.192. The van der Waals surface area contributed by atoms with Gasteiger partial charge in [-0.25, -0.2) is 0 Å². The maximum absolute atomic E-state index is 10.0. The van der Waals surface area contributed by atoms with E-state index in [0.717, 1.165) is 22.3 Å². The topological polar surface area (TPSA) is 50.2 Å². The molecule has 2 aromatic carbocycles. The van der Waals surface area contributed by atoms with Crippen LogP contribution >= 0.6 is 0 Å². The van der Waals surface area contributed by atoms with Crippen LogP contribution in [0.2, 0.25) is 0 Å². The number of carbonyl (C=O) groups excluding carboxylic acids is 1. The Balaban J connectivity index is 0.000000875. The van der Waals surface area contributed by atoms with Gasteiger partial charge >= 0.3 is 0 Å². The Hall–Kier alpha value is -2.29. The summed E-state index contributed by atoms with van der Waals surface area (Å²) in [7, 11) is 0. The molecule has 0 bridgehead atoms. The summed E-state index contributed by atoms with van der Waals surface area (Å²) >= 11 is 0. The van der Waals surface area contributed by atoms with E-state index in [1.54, 1.807) is 0 Å². The molecule has 0 amide bonds. The minimum absolute atomic E-state index is 0. The molecule has 4 heteroatoms. The number of aryl methyl sites for hydroxylation is 2. The summed E-state index contributed by atoms with van der Waals surface area (Å²) in [5.74, 6) is -0.0625. The van der Waals surface area contributed by atoms with Gasteiger partial charge in [-0.15, -0.1) is 34.9 Å². The van der Waals surface area contributed by atoms with Gasteiger partial charge in [0.15, 0.2) is 5.78 Å².